The molecule has 2 fully saturated rings. The molecule has 2 aromatic rings. The van der Waals surface area contributed by atoms with Gasteiger partial charge in [-0.15, -0.1) is 11.3 Å². The van der Waals surface area contributed by atoms with E-state index in [-0.39, 0.29) is 17.6 Å². The molecule has 4 rings (SSSR count). The number of nitrogens with zero attached hydrogens (tertiary/aromatic N) is 4. The van der Waals surface area contributed by atoms with E-state index in [1.165, 1.54) is 16.9 Å². The number of aromatic nitrogens is 3. The number of hydrogen-bond acceptors (Lipinski definition) is 6. The standard InChI is InChI=1S/C21H31N5O2S/c1-15(2)26-12-17(10-23-26)11-25-8-9-28-21(13-25)7-5-4-6-18(21)24-20(27)19-16(3)22-14-29-19/h10,12,14-15,18H,4-9,11,13H2,1-3H3,(H,24,27)/t18-,21-/m1/s1. The molecule has 7 nitrogen and oxygen atoms in total. The highest BCUT2D eigenvalue weighted by Crippen LogP contribution is 2.35. The van der Waals surface area contributed by atoms with Gasteiger partial charge >= 0.3 is 0 Å². The summed E-state index contributed by atoms with van der Waals surface area (Å²) >= 11 is 1.40. The SMILES string of the molecule is Cc1ncsc1C(=O)N[C@@H]1CCCC[C@@]12CN(Cc1cnn(C(C)C)c1)CCO2. The Bertz CT molecular complexity index is 844. The number of ether oxygens (including phenoxy) is 1. The molecule has 1 saturated carbocycles. The summed E-state index contributed by atoms with van der Waals surface area (Å²) in [5, 5.41) is 7.76. The van der Waals surface area contributed by atoms with Gasteiger partial charge in [0.1, 0.15) is 10.5 Å². The van der Waals surface area contributed by atoms with Gasteiger partial charge in [-0.1, -0.05) is 12.8 Å². The predicted molar refractivity (Wildman–Crippen MR) is 113 cm³/mol. The zero-order chi connectivity index (χ0) is 20.4. The molecule has 0 radical (unpaired) electrons. The van der Waals surface area contributed by atoms with E-state index in [2.05, 4.69) is 40.3 Å². The monoisotopic (exact) mass is 417 g/mol. The van der Waals surface area contributed by atoms with Crippen molar-refractivity contribution in [3.05, 3.63) is 34.0 Å². The summed E-state index contributed by atoms with van der Waals surface area (Å²) < 4.78 is 8.40. The first-order chi connectivity index (χ1) is 14.0. The largest absolute Gasteiger partial charge is 0.370 e. The third kappa shape index (κ3) is 4.39. The van der Waals surface area contributed by atoms with Crippen LogP contribution in [-0.4, -0.2) is 56.9 Å². The van der Waals surface area contributed by atoms with Gasteiger partial charge in [-0.25, -0.2) is 4.98 Å². The Labute approximate surface area is 176 Å². The molecule has 1 saturated heterocycles. The van der Waals surface area contributed by atoms with Gasteiger partial charge in [0.15, 0.2) is 0 Å². The number of rotatable bonds is 5. The molecule has 1 spiro atoms. The zero-order valence-electron chi connectivity index (χ0n) is 17.6. The average Bonchev–Trinajstić information content (AvgIpc) is 3.33. The Balaban J connectivity index is 1.46. The van der Waals surface area contributed by atoms with Crippen LogP contribution in [0.25, 0.3) is 0 Å². The van der Waals surface area contributed by atoms with Crippen LogP contribution in [0.1, 0.15) is 66.5 Å². The van der Waals surface area contributed by atoms with E-state index in [0.29, 0.717) is 17.5 Å². The van der Waals surface area contributed by atoms with Crippen molar-refractivity contribution in [1.82, 2.24) is 25.0 Å². The second-order valence-electron chi connectivity index (χ2n) is 8.58. The lowest BCUT2D eigenvalue weighted by Gasteiger charge is -2.49. The maximum Gasteiger partial charge on any atom is 0.263 e. The quantitative estimate of drug-likeness (QED) is 0.809. The van der Waals surface area contributed by atoms with Crippen molar-refractivity contribution in [2.24, 2.45) is 0 Å². The minimum absolute atomic E-state index is 0.0183. The van der Waals surface area contributed by atoms with Crippen molar-refractivity contribution in [2.75, 3.05) is 19.7 Å². The van der Waals surface area contributed by atoms with E-state index in [1.807, 2.05) is 17.8 Å². The topological polar surface area (TPSA) is 72.3 Å². The van der Waals surface area contributed by atoms with Gasteiger partial charge in [0.2, 0.25) is 0 Å². The van der Waals surface area contributed by atoms with Crippen molar-refractivity contribution in [2.45, 2.75) is 70.7 Å². The molecule has 0 aromatic carbocycles. The minimum Gasteiger partial charge on any atom is -0.370 e. The third-order valence-corrected chi connectivity index (χ3v) is 7.04. The molecule has 0 bridgehead atoms. The lowest BCUT2D eigenvalue weighted by Crippen LogP contribution is -2.63. The summed E-state index contributed by atoms with van der Waals surface area (Å²) in [7, 11) is 0. The Morgan fingerprint density at radius 2 is 2.31 bits per heavy atom. The van der Waals surface area contributed by atoms with Gasteiger partial charge in [-0.2, -0.15) is 5.10 Å². The van der Waals surface area contributed by atoms with Crippen LogP contribution in [0.2, 0.25) is 0 Å². The molecular weight excluding hydrogens is 386 g/mol. The van der Waals surface area contributed by atoms with Crippen LogP contribution in [0.15, 0.2) is 17.9 Å². The number of carbonyl (C=O) groups is 1. The van der Waals surface area contributed by atoms with E-state index >= 15 is 0 Å². The first kappa shape index (κ1) is 20.5. The number of carbonyl (C=O) groups excluding carboxylic acids is 1. The summed E-state index contributed by atoms with van der Waals surface area (Å²) in [5.74, 6) is -0.0183. The molecule has 0 unspecified atom stereocenters. The number of thiazole rings is 1. The molecule has 2 atom stereocenters. The lowest BCUT2D eigenvalue weighted by atomic mass is 9.78. The van der Waals surface area contributed by atoms with Crippen molar-refractivity contribution in [3.63, 3.8) is 0 Å². The molecule has 2 aliphatic rings. The molecule has 1 aliphatic heterocycles. The number of morpholine rings is 1. The summed E-state index contributed by atoms with van der Waals surface area (Å²) in [6.07, 6.45) is 8.32. The fourth-order valence-corrected chi connectivity index (χ4v) is 5.24. The van der Waals surface area contributed by atoms with Crippen LogP contribution in [0.5, 0.6) is 0 Å². The van der Waals surface area contributed by atoms with E-state index in [9.17, 15) is 4.79 Å². The Hall–Kier alpha value is -1.77. The van der Waals surface area contributed by atoms with Crippen LogP contribution in [-0.2, 0) is 11.3 Å². The number of amides is 1. The zero-order valence-corrected chi connectivity index (χ0v) is 18.4. The summed E-state index contributed by atoms with van der Waals surface area (Å²) in [6.45, 7) is 9.48. The smallest absolute Gasteiger partial charge is 0.263 e. The van der Waals surface area contributed by atoms with Gasteiger partial charge in [0, 0.05) is 37.4 Å². The number of nitrogens with one attached hydrogen (secondary N) is 1. The maximum atomic E-state index is 12.8. The fourth-order valence-electron chi connectivity index (χ4n) is 4.54. The fraction of sp³-hybridized carbons (Fsp3) is 0.667. The molecule has 8 heteroatoms. The predicted octanol–water partition coefficient (Wildman–Crippen LogP) is 3.17. The number of hydrogen-bond donors (Lipinski definition) is 1. The van der Waals surface area contributed by atoms with Crippen molar-refractivity contribution < 1.29 is 9.53 Å². The molecule has 1 aliphatic carbocycles. The highest BCUT2D eigenvalue weighted by atomic mass is 32.1. The molecule has 29 heavy (non-hydrogen) atoms. The lowest BCUT2D eigenvalue weighted by molar-refractivity contribution is -0.143. The van der Waals surface area contributed by atoms with Crippen molar-refractivity contribution in [1.29, 1.82) is 0 Å². The van der Waals surface area contributed by atoms with E-state index in [4.69, 9.17) is 4.74 Å². The van der Waals surface area contributed by atoms with Crippen molar-refractivity contribution in [3.8, 4) is 0 Å². The highest BCUT2D eigenvalue weighted by Gasteiger charge is 2.46. The molecule has 158 valence electrons. The van der Waals surface area contributed by atoms with Crippen LogP contribution >= 0.6 is 11.3 Å². The number of aryl methyl sites for hydroxylation is 1. The van der Waals surface area contributed by atoms with Gasteiger partial charge in [-0.3, -0.25) is 14.4 Å². The van der Waals surface area contributed by atoms with Gasteiger partial charge in [-0.05, 0) is 33.6 Å². The maximum absolute atomic E-state index is 12.8. The molecular formula is C21H31N5O2S. The van der Waals surface area contributed by atoms with Crippen LogP contribution in [0.4, 0.5) is 0 Å². The van der Waals surface area contributed by atoms with E-state index in [1.54, 1.807) is 5.51 Å². The van der Waals surface area contributed by atoms with Crippen LogP contribution < -0.4 is 5.32 Å². The van der Waals surface area contributed by atoms with Gasteiger partial charge in [0.05, 0.1) is 30.1 Å². The molecule has 1 amide bonds. The molecule has 2 aromatic heterocycles. The van der Waals surface area contributed by atoms with Crippen LogP contribution in [0.3, 0.4) is 0 Å². The summed E-state index contributed by atoms with van der Waals surface area (Å²) in [4.78, 5) is 20.2. The minimum atomic E-state index is -0.307. The van der Waals surface area contributed by atoms with E-state index in [0.717, 1.165) is 51.0 Å². The second kappa shape index (κ2) is 8.53. The second-order valence-corrected chi connectivity index (χ2v) is 9.44. The van der Waals surface area contributed by atoms with Crippen LogP contribution in [0, 0.1) is 6.92 Å². The highest BCUT2D eigenvalue weighted by molar-refractivity contribution is 7.11. The average molecular weight is 418 g/mol. The molecule has 3 heterocycles. The normalized spacial score (nSPS) is 25.6. The Kier molecular flexibility index (Phi) is 6.03. The molecule has 1 N–H and O–H groups in total. The summed E-state index contributed by atoms with van der Waals surface area (Å²) in [5.41, 5.74) is 3.45. The Morgan fingerprint density at radius 1 is 1.45 bits per heavy atom. The van der Waals surface area contributed by atoms with Crippen molar-refractivity contribution >= 4 is 17.2 Å². The summed E-state index contributed by atoms with van der Waals surface area (Å²) in [6, 6.07) is 0.402. The van der Waals surface area contributed by atoms with Gasteiger partial charge in [0.25, 0.3) is 5.91 Å². The first-order valence-corrected chi connectivity index (χ1v) is 11.4. The first-order valence-electron chi connectivity index (χ1n) is 10.6. The third-order valence-electron chi connectivity index (χ3n) is 6.11. The van der Waals surface area contributed by atoms with Gasteiger partial charge < -0.3 is 10.1 Å². The van der Waals surface area contributed by atoms with E-state index < -0.39 is 0 Å². The Morgan fingerprint density at radius 3 is 3.03 bits per heavy atom.